The molecule has 15 heavy (non-hydrogen) atoms. The lowest BCUT2D eigenvalue weighted by atomic mass is 10.0. The smallest absolute Gasteiger partial charge is 0.137 e. The van der Waals surface area contributed by atoms with Crippen molar-refractivity contribution in [3.63, 3.8) is 0 Å². The standard InChI is InChI=1S/C11H18N2O2/c1-9(6-12)10-5-11(8-13-7-10)15-4-3-14-2/h5,7-9H,3-4,6,12H2,1-2H3. The zero-order chi connectivity index (χ0) is 11.1. The van der Waals surface area contributed by atoms with E-state index in [9.17, 15) is 0 Å². The van der Waals surface area contributed by atoms with Crippen LogP contribution in [0.3, 0.4) is 0 Å². The molecule has 0 aromatic carbocycles. The van der Waals surface area contributed by atoms with E-state index in [1.165, 1.54) is 0 Å². The van der Waals surface area contributed by atoms with Crippen LogP contribution < -0.4 is 10.5 Å². The summed E-state index contributed by atoms with van der Waals surface area (Å²) in [6.07, 6.45) is 3.52. The highest BCUT2D eigenvalue weighted by Crippen LogP contribution is 2.18. The van der Waals surface area contributed by atoms with Crippen LogP contribution in [0.5, 0.6) is 5.75 Å². The topological polar surface area (TPSA) is 57.4 Å². The minimum atomic E-state index is 0.309. The van der Waals surface area contributed by atoms with E-state index in [2.05, 4.69) is 11.9 Å². The van der Waals surface area contributed by atoms with E-state index in [-0.39, 0.29) is 0 Å². The molecule has 1 aromatic heterocycles. The first kappa shape index (κ1) is 11.9. The van der Waals surface area contributed by atoms with Crippen molar-refractivity contribution in [2.45, 2.75) is 12.8 Å². The fourth-order valence-corrected chi connectivity index (χ4v) is 1.16. The first-order valence-corrected chi connectivity index (χ1v) is 5.04. The van der Waals surface area contributed by atoms with E-state index >= 15 is 0 Å². The quantitative estimate of drug-likeness (QED) is 0.716. The average Bonchev–Trinajstić information content (AvgIpc) is 2.29. The first-order chi connectivity index (χ1) is 7.27. The van der Waals surface area contributed by atoms with Crippen molar-refractivity contribution in [3.05, 3.63) is 24.0 Å². The molecule has 0 saturated heterocycles. The van der Waals surface area contributed by atoms with Gasteiger partial charge in [0.15, 0.2) is 0 Å². The largest absolute Gasteiger partial charge is 0.490 e. The van der Waals surface area contributed by atoms with Crippen LogP contribution in [0.2, 0.25) is 0 Å². The van der Waals surface area contributed by atoms with Gasteiger partial charge in [0.25, 0.3) is 0 Å². The molecular formula is C11H18N2O2. The average molecular weight is 210 g/mol. The Morgan fingerprint density at radius 1 is 1.40 bits per heavy atom. The fraction of sp³-hybridized carbons (Fsp3) is 0.545. The Morgan fingerprint density at radius 2 is 2.20 bits per heavy atom. The van der Waals surface area contributed by atoms with Gasteiger partial charge < -0.3 is 15.2 Å². The van der Waals surface area contributed by atoms with Crippen molar-refractivity contribution in [2.24, 2.45) is 5.73 Å². The molecule has 0 saturated carbocycles. The summed E-state index contributed by atoms with van der Waals surface area (Å²) in [4.78, 5) is 4.11. The Bertz CT molecular complexity index is 292. The lowest BCUT2D eigenvalue weighted by Gasteiger charge is -2.10. The van der Waals surface area contributed by atoms with Crippen LogP contribution in [0.15, 0.2) is 18.5 Å². The maximum atomic E-state index is 5.59. The minimum Gasteiger partial charge on any atom is -0.490 e. The van der Waals surface area contributed by atoms with Crippen LogP contribution in [-0.4, -0.2) is 31.9 Å². The SMILES string of the molecule is COCCOc1cncc(C(C)CN)c1. The van der Waals surface area contributed by atoms with Crippen LogP contribution in [0, 0.1) is 0 Å². The minimum absolute atomic E-state index is 0.309. The number of methoxy groups -OCH3 is 1. The van der Waals surface area contributed by atoms with E-state index in [0.29, 0.717) is 25.7 Å². The van der Waals surface area contributed by atoms with E-state index < -0.39 is 0 Å². The van der Waals surface area contributed by atoms with Gasteiger partial charge in [0.2, 0.25) is 0 Å². The number of pyridine rings is 1. The summed E-state index contributed by atoms with van der Waals surface area (Å²) in [5.74, 6) is 1.08. The maximum Gasteiger partial charge on any atom is 0.137 e. The van der Waals surface area contributed by atoms with Gasteiger partial charge in [-0.05, 0) is 24.1 Å². The van der Waals surface area contributed by atoms with Crippen molar-refractivity contribution in [2.75, 3.05) is 26.9 Å². The fourth-order valence-electron chi connectivity index (χ4n) is 1.16. The molecule has 0 spiro atoms. The second kappa shape index (κ2) is 6.37. The summed E-state index contributed by atoms with van der Waals surface area (Å²) < 4.78 is 10.4. The summed E-state index contributed by atoms with van der Waals surface area (Å²) in [7, 11) is 1.65. The summed E-state index contributed by atoms with van der Waals surface area (Å²) >= 11 is 0. The molecule has 2 N–H and O–H groups in total. The van der Waals surface area contributed by atoms with Crippen LogP contribution in [0.4, 0.5) is 0 Å². The van der Waals surface area contributed by atoms with Gasteiger partial charge in [-0.15, -0.1) is 0 Å². The van der Waals surface area contributed by atoms with Gasteiger partial charge in [0.05, 0.1) is 12.8 Å². The molecule has 0 aliphatic carbocycles. The molecule has 84 valence electrons. The van der Waals surface area contributed by atoms with Crippen LogP contribution in [0.25, 0.3) is 0 Å². The molecule has 1 heterocycles. The van der Waals surface area contributed by atoms with Crippen LogP contribution in [0.1, 0.15) is 18.4 Å². The maximum absolute atomic E-state index is 5.59. The number of nitrogens with zero attached hydrogens (tertiary/aromatic N) is 1. The monoisotopic (exact) mass is 210 g/mol. The highest BCUT2D eigenvalue weighted by Gasteiger charge is 2.04. The molecule has 1 aromatic rings. The van der Waals surface area contributed by atoms with Crippen molar-refractivity contribution in [3.8, 4) is 5.75 Å². The Balaban J connectivity index is 2.57. The van der Waals surface area contributed by atoms with Crippen molar-refractivity contribution in [1.29, 1.82) is 0 Å². The van der Waals surface area contributed by atoms with E-state index in [4.69, 9.17) is 15.2 Å². The van der Waals surface area contributed by atoms with Gasteiger partial charge in [-0.1, -0.05) is 6.92 Å². The molecule has 0 bridgehead atoms. The van der Waals surface area contributed by atoms with E-state index in [0.717, 1.165) is 11.3 Å². The highest BCUT2D eigenvalue weighted by atomic mass is 16.5. The zero-order valence-electron chi connectivity index (χ0n) is 9.27. The predicted octanol–water partition coefficient (Wildman–Crippen LogP) is 1.17. The number of aromatic nitrogens is 1. The number of nitrogens with two attached hydrogens (primary N) is 1. The second-order valence-corrected chi connectivity index (χ2v) is 3.43. The normalized spacial score (nSPS) is 12.5. The number of hydrogen-bond donors (Lipinski definition) is 1. The summed E-state index contributed by atoms with van der Waals surface area (Å²) in [5, 5.41) is 0. The first-order valence-electron chi connectivity index (χ1n) is 5.04. The van der Waals surface area contributed by atoms with Gasteiger partial charge in [-0.3, -0.25) is 4.98 Å². The lowest BCUT2D eigenvalue weighted by molar-refractivity contribution is 0.146. The molecule has 4 nitrogen and oxygen atoms in total. The Kier molecular flexibility index (Phi) is 5.07. The Morgan fingerprint density at radius 3 is 2.87 bits per heavy atom. The van der Waals surface area contributed by atoms with Crippen LogP contribution in [-0.2, 0) is 4.74 Å². The predicted molar refractivity (Wildman–Crippen MR) is 59.1 cm³/mol. The molecule has 1 atom stereocenters. The third-order valence-corrected chi connectivity index (χ3v) is 2.21. The molecule has 0 aliphatic heterocycles. The number of rotatable bonds is 6. The van der Waals surface area contributed by atoms with Crippen molar-refractivity contribution < 1.29 is 9.47 Å². The Hall–Kier alpha value is -1.13. The van der Waals surface area contributed by atoms with Gasteiger partial charge in [0, 0.05) is 13.3 Å². The molecule has 1 unspecified atom stereocenters. The van der Waals surface area contributed by atoms with Crippen LogP contribution >= 0.6 is 0 Å². The molecule has 4 heteroatoms. The van der Waals surface area contributed by atoms with Gasteiger partial charge in [-0.2, -0.15) is 0 Å². The number of ether oxygens (including phenoxy) is 2. The second-order valence-electron chi connectivity index (χ2n) is 3.43. The molecule has 0 radical (unpaired) electrons. The van der Waals surface area contributed by atoms with Crippen molar-refractivity contribution in [1.82, 2.24) is 4.98 Å². The Labute approximate surface area is 90.4 Å². The summed E-state index contributed by atoms with van der Waals surface area (Å²) in [5.41, 5.74) is 6.69. The number of hydrogen-bond acceptors (Lipinski definition) is 4. The molecule has 0 amide bonds. The zero-order valence-corrected chi connectivity index (χ0v) is 9.27. The third-order valence-electron chi connectivity index (χ3n) is 2.21. The highest BCUT2D eigenvalue weighted by molar-refractivity contribution is 5.26. The molecular weight excluding hydrogens is 192 g/mol. The lowest BCUT2D eigenvalue weighted by Crippen LogP contribution is -2.10. The molecule has 0 fully saturated rings. The van der Waals surface area contributed by atoms with E-state index in [1.54, 1.807) is 13.3 Å². The molecule has 1 rings (SSSR count). The van der Waals surface area contributed by atoms with Gasteiger partial charge in [-0.25, -0.2) is 0 Å². The summed E-state index contributed by atoms with van der Waals surface area (Å²) in [6, 6.07) is 1.97. The van der Waals surface area contributed by atoms with Gasteiger partial charge >= 0.3 is 0 Å². The summed E-state index contributed by atoms with van der Waals surface area (Å²) in [6.45, 7) is 3.80. The third kappa shape index (κ3) is 3.85. The van der Waals surface area contributed by atoms with E-state index in [1.807, 2.05) is 12.3 Å². The molecule has 0 aliphatic rings. The van der Waals surface area contributed by atoms with Crippen molar-refractivity contribution >= 4 is 0 Å². The van der Waals surface area contributed by atoms with Gasteiger partial charge in [0.1, 0.15) is 12.4 Å².